The van der Waals surface area contributed by atoms with Gasteiger partial charge >= 0.3 is 0 Å². The third kappa shape index (κ3) is 2.12. The van der Waals surface area contributed by atoms with Gasteiger partial charge in [-0.3, -0.25) is 9.78 Å². The van der Waals surface area contributed by atoms with E-state index in [2.05, 4.69) is 4.98 Å². The van der Waals surface area contributed by atoms with Gasteiger partial charge in [0.05, 0.1) is 17.7 Å². The Hall–Kier alpha value is -1.42. The molecule has 2 saturated carbocycles. The summed E-state index contributed by atoms with van der Waals surface area (Å²) in [4.78, 5) is 18.9. The monoisotopic (exact) mass is 245 g/mol. The van der Waals surface area contributed by atoms with Crippen molar-refractivity contribution < 1.29 is 4.79 Å². The van der Waals surface area contributed by atoms with Crippen molar-refractivity contribution in [3.63, 3.8) is 0 Å². The number of pyridine rings is 1. The number of hydrogen-bond acceptors (Lipinski definition) is 3. The van der Waals surface area contributed by atoms with Crippen LogP contribution in [0.15, 0.2) is 24.4 Å². The molecule has 2 fully saturated rings. The Morgan fingerprint density at radius 3 is 2.72 bits per heavy atom. The van der Waals surface area contributed by atoms with Crippen LogP contribution in [0.5, 0.6) is 0 Å². The lowest BCUT2D eigenvalue weighted by Gasteiger charge is -2.26. The van der Waals surface area contributed by atoms with Crippen LogP contribution >= 0.6 is 0 Å². The number of hydrogen-bond donors (Lipinski definition) is 1. The van der Waals surface area contributed by atoms with Crippen molar-refractivity contribution >= 4 is 5.91 Å². The van der Waals surface area contributed by atoms with Gasteiger partial charge in [0.15, 0.2) is 0 Å². The van der Waals surface area contributed by atoms with Crippen LogP contribution in [-0.4, -0.2) is 28.4 Å². The molecular formula is C14H19N3O. The van der Waals surface area contributed by atoms with Crippen LogP contribution in [0.2, 0.25) is 0 Å². The zero-order valence-electron chi connectivity index (χ0n) is 10.5. The molecule has 1 heterocycles. The van der Waals surface area contributed by atoms with Gasteiger partial charge in [0, 0.05) is 18.8 Å². The highest BCUT2D eigenvalue weighted by Crippen LogP contribution is 2.48. The van der Waals surface area contributed by atoms with Gasteiger partial charge < -0.3 is 10.6 Å². The van der Waals surface area contributed by atoms with E-state index in [1.54, 1.807) is 6.20 Å². The summed E-state index contributed by atoms with van der Waals surface area (Å²) < 4.78 is 0. The molecule has 0 bridgehead atoms. The number of aromatic nitrogens is 1. The maximum Gasteiger partial charge on any atom is 0.230 e. The number of nitrogens with two attached hydrogens (primary N) is 1. The van der Waals surface area contributed by atoms with Crippen LogP contribution in [0.4, 0.5) is 0 Å². The largest absolute Gasteiger partial charge is 0.333 e. The van der Waals surface area contributed by atoms with Crippen molar-refractivity contribution in [3.8, 4) is 0 Å². The van der Waals surface area contributed by atoms with E-state index in [0.29, 0.717) is 19.1 Å². The Kier molecular flexibility index (Phi) is 2.82. The Bertz CT molecular complexity index is 438. The highest BCUT2D eigenvalue weighted by molar-refractivity contribution is 5.86. The maximum absolute atomic E-state index is 12.6. The summed E-state index contributed by atoms with van der Waals surface area (Å²) in [6.07, 6.45) is 5.93. The second-order valence-electron chi connectivity index (χ2n) is 5.47. The standard InChI is InChI=1S/C14H19N3O/c15-10-14(6-7-14)13(18)17(12-4-5-12)9-11-3-1-2-8-16-11/h1-3,8,12H,4-7,9-10,15H2. The maximum atomic E-state index is 12.6. The minimum atomic E-state index is -0.239. The normalized spacial score (nSPS) is 20.5. The fourth-order valence-corrected chi connectivity index (χ4v) is 2.38. The van der Waals surface area contributed by atoms with Crippen molar-refractivity contribution in [2.75, 3.05) is 6.54 Å². The fraction of sp³-hybridized carbons (Fsp3) is 0.571. The average Bonchev–Trinajstić information content (AvgIpc) is 3.30. The Labute approximate surface area is 107 Å². The molecule has 1 aromatic rings. The lowest BCUT2D eigenvalue weighted by Crippen LogP contribution is -2.41. The molecule has 2 aliphatic rings. The summed E-state index contributed by atoms with van der Waals surface area (Å²) in [5, 5.41) is 0. The summed E-state index contributed by atoms with van der Waals surface area (Å²) in [6.45, 7) is 1.11. The van der Waals surface area contributed by atoms with Crippen molar-refractivity contribution in [2.24, 2.45) is 11.1 Å². The van der Waals surface area contributed by atoms with Crippen LogP contribution in [-0.2, 0) is 11.3 Å². The highest BCUT2D eigenvalue weighted by Gasteiger charge is 2.52. The topological polar surface area (TPSA) is 59.2 Å². The minimum absolute atomic E-state index is 0.239. The Balaban J connectivity index is 1.75. The van der Waals surface area contributed by atoms with E-state index in [9.17, 15) is 4.79 Å². The third-order valence-corrected chi connectivity index (χ3v) is 4.00. The minimum Gasteiger partial charge on any atom is -0.333 e. The van der Waals surface area contributed by atoms with Gasteiger partial charge in [0.25, 0.3) is 0 Å². The van der Waals surface area contributed by atoms with Crippen LogP contribution in [0, 0.1) is 5.41 Å². The summed E-state index contributed by atoms with van der Waals surface area (Å²) in [5.41, 5.74) is 6.48. The summed E-state index contributed by atoms with van der Waals surface area (Å²) in [6, 6.07) is 6.26. The summed E-state index contributed by atoms with van der Waals surface area (Å²) in [7, 11) is 0. The third-order valence-electron chi connectivity index (χ3n) is 4.00. The van der Waals surface area contributed by atoms with Gasteiger partial charge in [-0.1, -0.05) is 6.07 Å². The number of carbonyl (C=O) groups is 1. The van der Waals surface area contributed by atoms with Gasteiger partial charge in [0.2, 0.25) is 5.91 Å². The molecule has 0 saturated heterocycles. The molecule has 3 rings (SSSR count). The first-order chi connectivity index (χ1) is 8.75. The first kappa shape index (κ1) is 11.7. The van der Waals surface area contributed by atoms with Crippen molar-refractivity contribution in [1.29, 1.82) is 0 Å². The van der Waals surface area contributed by atoms with Gasteiger partial charge in [-0.2, -0.15) is 0 Å². The number of carbonyl (C=O) groups excluding carboxylic acids is 1. The van der Waals surface area contributed by atoms with Crippen LogP contribution in [0.3, 0.4) is 0 Å². The van der Waals surface area contributed by atoms with Crippen LogP contribution in [0.1, 0.15) is 31.4 Å². The van der Waals surface area contributed by atoms with E-state index in [4.69, 9.17) is 5.73 Å². The summed E-state index contributed by atoms with van der Waals surface area (Å²) >= 11 is 0. The fourth-order valence-electron chi connectivity index (χ4n) is 2.38. The highest BCUT2D eigenvalue weighted by atomic mass is 16.2. The molecule has 0 unspecified atom stereocenters. The molecule has 0 radical (unpaired) electrons. The van der Waals surface area contributed by atoms with Crippen LogP contribution < -0.4 is 5.73 Å². The lowest BCUT2D eigenvalue weighted by atomic mass is 10.1. The molecule has 1 amide bonds. The zero-order valence-corrected chi connectivity index (χ0v) is 10.5. The van der Waals surface area contributed by atoms with E-state index in [0.717, 1.165) is 31.4 Å². The molecule has 0 aliphatic heterocycles. The Morgan fingerprint density at radius 1 is 1.44 bits per heavy atom. The SMILES string of the molecule is NCC1(C(=O)N(Cc2ccccn2)C2CC2)CC1. The van der Waals surface area contributed by atoms with Gasteiger partial charge in [0.1, 0.15) is 0 Å². The number of nitrogens with zero attached hydrogens (tertiary/aromatic N) is 2. The van der Waals surface area contributed by atoms with E-state index < -0.39 is 0 Å². The molecule has 0 atom stereocenters. The molecular weight excluding hydrogens is 226 g/mol. The van der Waals surface area contributed by atoms with Crippen LogP contribution in [0.25, 0.3) is 0 Å². The van der Waals surface area contributed by atoms with E-state index >= 15 is 0 Å². The first-order valence-electron chi connectivity index (χ1n) is 6.66. The molecule has 4 heteroatoms. The van der Waals surface area contributed by atoms with Gasteiger partial charge in [-0.15, -0.1) is 0 Å². The quantitative estimate of drug-likeness (QED) is 0.851. The lowest BCUT2D eigenvalue weighted by molar-refractivity contribution is -0.138. The molecule has 96 valence electrons. The predicted molar refractivity (Wildman–Crippen MR) is 68.5 cm³/mol. The van der Waals surface area contributed by atoms with E-state index in [1.165, 1.54) is 0 Å². The van der Waals surface area contributed by atoms with Gasteiger partial charge in [-0.25, -0.2) is 0 Å². The summed E-state index contributed by atoms with van der Waals surface area (Å²) in [5.74, 6) is 0.248. The van der Waals surface area contributed by atoms with Gasteiger partial charge in [-0.05, 0) is 37.8 Å². The van der Waals surface area contributed by atoms with Crippen molar-refractivity contribution in [2.45, 2.75) is 38.3 Å². The van der Waals surface area contributed by atoms with E-state index in [-0.39, 0.29) is 11.3 Å². The van der Waals surface area contributed by atoms with E-state index in [1.807, 2.05) is 23.1 Å². The van der Waals surface area contributed by atoms with Crippen molar-refractivity contribution in [3.05, 3.63) is 30.1 Å². The molecule has 18 heavy (non-hydrogen) atoms. The average molecular weight is 245 g/mol. The molecule has 2 N–H and O–H groups in total. The number of amides is 1. The molecule has 2 aliphatic carbocycles. The molecule has 1 aromatic heterocycles. The molecule has 0 spiro atoms. The molecule has 4 nitrogen and oxygen atoms in total. The first-order valence-corrected chi connectivity index (χ1v) is 6.66. The Morgan fingerprint density at radius 2 is 2.22 bits per heavy atom. The number of rotatable bonds is 5. The zero-order chi connectivity index (χ0) is 12.6. The molecule has 0 aromatic carbocycles. The second-order valence-corrected chi connectivity index (χ2v) is 5.47. The predicted octanol–water partition coefficient (Wildman–Crippen LogP) is 1.31. The smallest absolute Gasteiger partial charge is 0.230 e. The van der Waals surface area contributed by atoms with Crippen molar-refractivity contribution in [1.82, 2.24) is 9.88 Å². The second kappa shape index (κ2) is 4.35.